The highest BCUT2D eigenvalue weighted by Crippen LogP contribution is 2.31. The smallest absolute Gasteiger partial charge is 0.228 e. The van der Waals surface area contributed by atoms with Crippen molar-refractivity contribution in [3.8, 4) is 0 Å². The van der Waals surface area contributed by atoms with E-state index in [1.165, 1.54) is 0 Å². The molecular weight excluding hydrogens is 240 g/mol. The Bertz CT molecular complexity index is 493. The van der Waals surface area contributed by atoms with Gasteiger partial charge in [-0.05, 0) is 49.4 Å². The zero-order chi connectivity index (χ0) is 13.4. The van der Waals surface area contributed by atoms with Crippen molar-refractivity contribution in [2.24, 2.45) is 0 Å². The SMILES string of the molecule is CN(c1ccc2c(c1)CC(=O)N2)C1CCC(O)CC1. The van der Waals surface area contributed by atoms with E-state index in [9.17, 15) is 9.90 Å². The van der Waals surface area contributed by atoms with E-state index >= 15 is 0 Å². The summed E-state index contributed by atoms with van der Waals surface area (Å²) < 4.78 is 0. The van der Waals surface area contributed by atoms with Crippen LogP contribution in [0.15, 0.2) is 18.2 Å². The van der Waals surface area contributed by atoms with E-state index in [0.29, 0.717) is 12.5 Å². The van der Waals surface area contributed by atoms with Gasteiger partial charge in [0, 0.05) is 24.5 Å². The van der Waals surface area contributed by atoms with Gasteiger partial charge < -0.3 is 15.3 Å². The zero-order valence-electron chi connectivity index (χ0n) is 11.2. The molecule has 1 fully saturated rings. The topological polar surface area (TPSA) is 52.6 Å². The molecule has 1 amide bonds. The minimum atomic E-state index is -0.119. The van der Waals surface area contributed by atoms with Crippen LogP contribution in [0.25, 0.3) is 0 Å². The van der Waals surface area contributed by atoms with E-state index in [1.807, 2.05) is 6.07 Å². The molecule has 0 saturated heterocycles. The highest BCUT2D eigenvalue weighted by atomic mass is 16.3. The van der Waals surface area contributed by atoms with E-state index in [2.05, 4.69) is 29.4 Å². The van der Waals surface area contributed by atoms with Gasteiger partial charge in [-0.2, -0.15) is 0 Å². The summed E-state index contributed by atoms with van der Waals surface area (Å²) in [6.45, 7) is 0. The minimum absolute atomic E-state index is 0.0793. The molecule has 1 aliphatic heterocycles. The number of hydrogen-bond acceptors (Lipinski definition) is 3. The van der Waals surface area contributed by atoms with Crippen LogP contribution in [0.1, 0.15) is 31.2 Å². The number of anilines is 2. The largest absolute Gasteiger partial charge is 0.393 e. The van der Waals surface area contributed by atoms with Crippen LogP contribution in [0.5, 0.6) is 0 Å². The normalized spacial score (nSPS) is 25.9. The molecule has 102 valence electrons. The Balaban J connectivity index is 1.75. The van der Waals surface area contributed by atoms with Gasteiger partial charge in [0.05, 0.1) is 12.5 Å². The standard InChI is InChI=1S/C15H20N2O2/c1-17(11-2-5-13(18)6-3-11)12-4-7-14-10(8-12)9-15(19)16-14/h4,7-8,11,13,18H,2-3,5-6,9H2,1H3,(H,16,19). The van der Waals surface area contributed by atoms with Crippen molar-refractivity contribution in [1.29, 1.82) is 0 Å². The number of benzene rings is 1. The Morgan fingerprint density at radius 1 is 1.26 bits per heavy atom. The van der Waals surface area contributed by atoms with Crippen LogP contribution in [-0.2, 0) is 11.2 Å². The average molecular weight is 260 g/mol. The van der Waals surface area contributed by atoms with Crippen molar-refractivity contribution in [2.75, 3.05) is 17.3 Å². The molecule has 0 bridgehead atoms. The van der Waals surface area contributed by atoms with Crippen LogP contribution in [0, 0.1) is 0 Å². The molecule has 2 N–H and O–H groups in total. The van der Waals surface area contributed by atoms with Gasteiger partial charge in [0.25, 0.3) is 0 Å². The second kappa shape index (κ2) is 4.85. The molecule has 0 atom stereocenters. The lowest BCUT2D eigenvalue weighted by Gasteiger charge is -2.34. The number of nitrogens with one attached hydrogen (secondary N) is 1. The number of amides is 1. The summed E-state index contributed by atoms with van der Waals surface area (Å²) in [4.78, 5) is 13.7. The van der Waals surface area contributed by atoms with Crippen LogP contribution < -0.4 is 10.2 Å². The van der Waals surface area contributed by atoms with Crippen LogP contribution >= 0.6 is 0 Å². The number of nitrogens with zero attached hydrogens (tertiary/aromatic N) is 1. The number of carbonyl (C=O) groups is 1. The fourth-order valence-corrected chi connectivity index (χ4v) is 3.09. The van der Waals surface area contributed by atoms with Gasteiger partial charge in [-0.25, -0.2) is 0 Å². The minimum Gasteiger partial charge on any atom is -0.393 e. The zero-order valence-corrected chi connectivity index (χ0v) is 11.2. The van der Waals surface area contributed by atoms with E-state index in [4.69, 9.17) is 0 Å². The van der Waals surface area contributed by atoms with E-state index < -0.39 is 0 Å². The molecule has 2 aliphatic rings. The first-order valence-electron chi connectivity index (χ1n) is 6.97. The number of hydrogen-bond donors (Lipinski definition) is 2. The molecule has 3 rings (SSSR count). The molecule has 0 spiro atoms. The Hall–Kier alpha value is -1.55. The number of fused-ring (bicyclic) bond motifs is 1. The third-order valence-corrected chi connectivity index (χ3v) is 4.34. The molecule has 1 saturated carbocycles. The molecule has 0 aromatic heterocycles. The first-order chi connectivity index (χ1) is 9.13. The fourth-order valence-electron chi connectivity index (χ4n) is 3.09. The lowest BCUT2D eigenvalue weighted by molar-refractivity contribution is -0.115. The highest BCUT2D eigenvalue weighted by molar-refractivity contribution is 5.99. The van der Waals surface area contributed by atoms with E-state index in [-0.39, 0.29) is 12.0 Å². The lowest BCUT2D eigenvalue weighted by atomic mass is 9.92. The summed E-state index contributed by atoms with van der Waals surface area (Å²) in [6.07, 6.45) is 4.21. The lowest BCUT2D eigenvalue weighted by Crippen LogP contribution is -2.36. The maximum absolute atomic E-state index is 11.4. The highest BCUT2D eigenvalue weighted by Gasteiger charge is 2.24. The van der Waals surface area contributed by atoms with Gasteiger partial charge in [-0.3, -0.25) is 4.79 Å². The quantitative estimate of drug-likeness (QED) is 0.854. The maximum Gasteiger partial charge on any atom is 0.228 e. The van der Waals surface area contributed by atoms with Crippen molar-refractivity contribution in [3.63, 3.8) is 0 Å². The third kappa shape index (κ3) is 2.45. The molecule has 4 nitrogen and oxygen atoms in total. The molecule has 1 aliphatic carbocycles. The van der Waals surface area contributed by atoms with Gasteiger partial charge in [0.2, 0.25) is 5.91 Å². The Morgan fingerprint density at radius 2 is 2.00 bits per heavy atom. The number of aliphatic hydroxyl groups is 1. The molecular formula is C15H20N2O2. The monoisotopic (exact) mass is 260 g/mol. The van der Waals surface area contributed by atoms with Gasteiger partial charge in [-0.1, -0.05) is 0 Å². The van der Waals surface area contributed by atoms with Crippen molar-refractivity contribution in [3.05, 3.63) is 23.8 Å². The van der Waals surface area contributed by atoms with Crippen molar-refractivity contribution >= 4 is 17.3 Å². The molecule has 1 aromatic rings. The molecule has 1 heterocycles. The molecule has 19 heavy (non-hydrogen) atoms. The van der Waals surface area contributed by atoms with Crippen molar-refractivity contribution < 1.29 is 9.90 Å². The van der Waals surface area contributed by atoms with Crippen molar-refractivity contribution in [2.45, 2.75) is 44.2 Å². The van der Waals surface area contributed by atoms with Gasteiger partial charge in [-0.15, -0.1) is 0 Å². The second-order valence-electron chi connectivity index (χ2n) is 5.64. The Morgan fingerprint density at radius 3 is 2.74 bits per heavy atom. The predicted octanol–water partition coefficient (Wildman–Crippen LogP) is 1.92. The predicted molar refractivity (Wildman–Crippen MR) is 75.4 cm³/mol. The van der Waals surface area contributed by atoms with Crippen LogP contribution in [0.4, 0.5) is 11.4 Å². The maximum atomic E-state index is 11.4. The van der Waals surface area contributed by atoms with Crippen LogP contribution in [-0.4, -0.2) is 30.2 Å². The number of carbonyl (C=O) groups excluding carboxylic acids is 1. The Labute approximate surface area is 113 Å². The first kappa shape index (κ1) is 12.5. The van der Waals surface area contributed by atoms with Gasteiger partial charge in [0.1, 0.15) is 0 Å². The van der Waals surface area contributed by atoms with Gasteiger partial charge >= 0.3 is 0 Å². The van der Waals surface area contributed by atoms with Crippen molar-refractivity contribution in [1.82, 2.24) is 0 Å². The van der Waals surface area contributed by atoms with E-state index in [1.54, 1.807) is 0 Å². The number of aliphatic hydroxyl groups excluding tert-OH is 1. The van der Waals surface area contributed by atoms with E-state index in [0.717, 1.165) is 42.6 Å². The molecule has 0 unspecified atom stereocenters. The third-order valence-electron chi connectivity index (χ3n) is 4.34. The van der Waals surface area contributed by atoms with Gasteiger partial charge in [0.15, 0.2) is 0 Å². The molecule has 4 heteroatoms. The first-order valence-corrected chi connectivity index (χ1v) is 6.97. The summed E-state index contributed by atoms with van der Waals surface area (Å²) in [7, 11) is 2.11. The van der Waals surface area contributed by atoms with Crippen LogP contribution in [0.2, 0.25) is 0 Å². The Kier molecular flexibility index (Phi) is 3.19. The fraction of sp³-hybridized carbons (Fsp3) is 0.533. The summed E-state index contributed by atoms with van der Waals surface area (Å²) >= 11 is 0. The number of rotatable bonds is 2. The van der Waals surface area contributed by atoms with Crippen LogP contribution in [0.3, 0.4) is 0 Å². The molecule has 0 radical (unpaired) electrons. The second-order valence-corrected chi connectivity index (χ2v) is 5.64. The average Bonchev–Trinajstić information content (AvgIpc) is 2.77. The summed E-state index contributed by atoms with van der Waals surface area (Å²) in [6, 6.07) is 6.66. The summed E-state index contributed by atoms with van der Waals surface area (Å²) in [5, 5.41) is 12.4. The summed E-state index contributed by atoms with van der Waals surface area (Å²) in [5.41, 5.74) is 3.20. The summed E-state index contributed by atoms with van der Waals surface area (Å²) in [5.74, 6) is 0.0793. The molecule has 1 aromatic carbocycles.